The Balaban J connectivity index is -0.0000000800. The zero-order valence-corrected chi connectivity index (χ0v) is 6.93. The topological polar surface area (TPSA) is 92.5 Å². The maximum atomic E-state index is 9.11. The minimum atomic E-state index is -3.83. The van der Waals surface area contributed by atoms with Gasteiger partial charge in [0.2, 0.25) is 0 Å². The van der Waals surface area contributed by atoms with Gasteiger partial charge in [0.15, 0.2) is 0 Å². The quantitative estimate of drug-likeness (QED) is 0.538. The zero-order valence-electron chi connectivity index (χ0n) is 3.13. The van der Waals surface area contributed by atoms with E-state index < -0.39 is 9.05 Å². The predicted octanol–water partition coefficient (Wildman–Crippen LogP) is -0.162. The average molecular weight is 328 g/mol. The molecule has 51 valence electrons. The molecule has 0 aliphatic rings. The second-order valence-electron chi connectivity index (χ2n) is 0.448. The Kier molecular flexibility index (Phi) is 11.5. The monoisotopic (exact) mass is 328 g/mol. The van der Waals surface area contributed by atoms with Gasteiger partial charge in [0.05, 0.1) is 0 Å². The number of rotatable bonds is 0. The van der Waals surface area contributed by atoms with Crippen LogP contribution < -0.4 is 6.15 Å². The van der Waals surface area contributed by atoms with Crippen molar-refractivity contribution in [2.75, 3.05) is 0 Å². The van der Waals surface area contributed by atoms with E-state index in [1.54, 1.807) is 0 Å². The Labute approximate surface area is 62.1 Å². The molecule has 5 N–H and O–H groups in total. The van der Waals surface area contributed by atoms with E-state index in [4.69, 9.17) is 13.3 Å². The molecule has 0 spiro atoms. The van der Waals surface area contributed by atoms with Gasteiger partial charge >= 0.3 is 0 Å². The Hall–Kier alpha value is 0.990. The second kappa shape index (κ2) is 5.13. The summed E-state index contributed by atoms with van der Waals surface area (Å²) in [6, 6.07) is 0. The van der Waals surface area contributed by atoms with Crippen LogP contribution in [0.5, 0.6) is 0 Å². The molecule has 0 aliphatic heterocycles. The average Bonchev–Trinajstić information content (AvgIpc) is 0.722. The van der Waals surface area contributed by atoms with Gasteiger partial charge in [-0.15, -0.1) is 0 Å². The van der Waals surface area contributed by atoms with Gasteiger partial charge in [0.1, 0.15) is 0 Å². The summed E-state index contributed by atoms with van der Waals surface area (Å²) in [5.41, 5.74) is 0. The summed E-state index contributed by atoms with van der Waals surface area (Å²) in [6.07, 6.45) is 0. The third-order valence-electron chi connectivity index (χ3n) is 0. The molecule has 1 radical (unpaired) electrons. The molecule has 7 heteroatoms. The molecule has 0 aliphatic carbocycles. The maximum Gasteiger partial charge on any atom is 0.263 e. The smallest absolute Gasteiger partial charge is 0.263 e. The molecule has 7 heavy (non-hydrogen) atoms. The van der Waals surface area contributed by atoms with Gasteiger partial charge in [-0.25, -0.2) is 0 Å². The van der Waals surface area contributed by atoms with E-state index in [0.29, 0.717) is 0 Å². The molecule has 0 unspecified atom stereocenters. The van der Waals surface area contributed by atoms with Crippen LogP contribution in [0.1, 0.15) is 0 Å². The van der Waals surface area contributed by atoms with Crippen molar-refractivity contribution in [2.24, 2.45) is 0 Å². The third kappa shape index (κ3) is 178. The van der Waals surface area contributed by atoms with Crippen molar-refractivity contribution < 1.29 is 35.7 Å². The van der Waals surface area contributed by atoms with Crippen molar-refractivity contribution in [2.45, 2.75) is 0 Å². The molecular weight excluding hydrogens is 323 g/mol. The predicted molar refractivity (Wildman–Crippen MR) is 25.8 cm³/mol. The fourth-order valence-corrected chi connectivity index (χ4v) is 0. The molecule has 0 saturated carbocycles. The minimum Gasteiger partial charge on any atom is -0.344 e. The van der Waals surface area contributed by atoms with E-state index in [1.807, 2.05) is 0 Å². The van der Waals surface area contributed by atoms with E-state index in [2.05, 4.69) is 11.2 Å². The first kappa shape index (κ1) is 15.7. The van der Waals surface area contributed by atoms with Gasteiger partial charge in [-0.05, 0) is 0 Å². The fourth-order valence-electron chi connectivity index (χ4n) is 0. The largest absolute Gasteiger partial charge is 0.344 e. The molecule has 0 fully saturated rings. The molecular formula is H5AuNO3S2. The van der Waals surface area contributed by atoms with Crippen LogP contribution in [0.15, 0.2) is 0 Å². The summed E-state index contributed by atoms with van der Waals surface area (Å²) in [7, 11) is -3.83. The molecule has 0 aromatic heterocycles. The molecule has 4 nitrogen and oxygen atoms in total. The van der Waals surface area contributed by atoms with E-state index in [-0.39, 0.29) is 28.5 Å². The normalized spacial score (nSPS) is 8.29. The summed E-state index contributed by atoms with van der Waals surface area (Å²) >= 11 is 3.47. The van der Waals surface area contributed by atoms with Crippen LogP contribution in [-0.2, 0) is 42.6 Å². The summed E-state index contributed by atoms with van der Waals surface area (Å²) < 4.78 is 24.0. The Morgan fingerprint density at radius 2 is 1.43 bits per heavy atom. The van der Waals surface area contributed by atoms with E-state index in [9.17, 15) is 0 Å². The first-order valence-electron chi connectivity index (χ1n) is 0.698. The summed E-state index contributed by atoms with van der Waals surface area (Å²) in [6.45, 7) is 0. The van der Waals surface area contributed by atoms with Crippen LogP contribution >= 0.6 is 0 Å². The molecule has 0 rings (SSSR count). The molecule has 0 amide bonds. The Morgan fingerprint density at radius 1 is 1.43 bits per heavy atom. The minimum absolute atomic E-state index is 0. The van der Waals surface area contributed by atoms with Crippen molar-refractivity contribution in [3.63, 3.8) is 0 Å². The van der Waals surface area contributed by atoms with Crippen LogP contribution in [0.25, 0.3) is 0 Å². The van der Waals surface area contributed by atoms with Crippen LogP contribution in [0.4, 0.5) is 0 Å². The molecule has 0 aromatic carbocycles. The second-order valence-corrected chi connectivity index (χ2v) is 2.65. The molecule has 0 bridgehead atoms. The van der Waals surface area contributed by atoms with Gasteiger partial charge in [0.25, 0.3) is 9.05 Å². The standard InChI is InChI=1S/Au.H3N.H2O3S2/c;;1-5(2,3)4/h;1H3;(H2,1,2,3,4). The van der Waals surface area contributed by atoms with Gasteiger partial charge < -0.3 is 6.15 Å². The van der Waals surface area contributed by atoms with Crippen molar-refractivity contribution >= 4 is 20.2 Å². The Bertz CT molecular complexity index is 96.1. The van der Waals surface area contributed by atoms with Crippen LogP contribution in [0.2, 0.25) is 0 Å². The van der Waals surface area contributed by atoms with E-state index >= 15 is 0 Å². The fraction of sp³-hybridized carbons (Fsp3) is 0. The first-order valence-corrected chi connectivity index (χ1v) is 3.10. The molecule has 0 saturated heterocycles. The molecule has 0 heterocycles. The van der Waals surface area contributed by atoms with Crippen LogP contribution in [-0.4, -0.2) is 13.3 Å². The van der Waals surface area contributed by atoms with Gasteiger partial charge in [-0.1, -0.05) is 0 Å². The zero-order chi connectivity index (χ0) is 4.50. The SMILES string of the molecule is N.O=S(O)(O)=S.[Au]. The third-order valence-corrected chi connectivity index (χ3v) is 0. The maximum absolute atomic E-state index is 9.11. The van der Waals surface area contributed by atoms with Crippen LogP contribution in [0, 0.1) is 0 Å². The van der Waals surface area contributed by atoms with Gasteiger partial charge in [0, 0.05) is 33.6 Å². The van der Waals surface area contributed by atoms with Crippen molar-refractivity contribution in [3.05, 3.63) is 0 Å². The molecule has 0 aromatic rings. The van der Waals surface area contributed by atoms with Crippen molar-refractivity contribution in [1.29, 1.82) is 0 Å². The summed E-state index contributed by atoms with van der Waals surface area (Å²) in [5.74, 6) is 0. The number of hydrogen-bond acceptors (Lipinski definition) is 3. The van der Waals surface area contributed by atoms with Gasteiger partial charge in [-0.3, -0.25) is 9.11 Å². The van der Waals surface area contributed by atoms with Crippen molar-refractivity contribution in [1.82, 2.24) is 6.15 Å². The summed E-state index contributed by atoms with van der Waals surface area (Å²) in [5, 5.41) is 0. The van der Waals surface area contributed by atoms with Crippen molar-refractivity contribution in [3.8, 4) is 0 Å². The molecule has 0 atom stereocenters. The van der Waals surface area contributed by atoms with Gasteiger partial charge in [-0.2, -0.15) is 4.21 Å². The number of hydrogen-bond donors (Lipinski definition) is 3. The Morgan fingerprint density at radius 3 is 1.43 bits per heavy atom. The van der Waals surface area contributed by atoms with E-state index in [0.717, 1.165) is 0 Å². The van der Waals surface area contributed by atoms with E-state index in [1.165, 1.54) is 0 Å². The summed E-state index contributed by atoms with van der Waals surface area (Å²) in [4.78, 5) is 0. The van der Waals surface area contributed by atoms with Crippen LogP contribution in [0.3, 0.4) is 0 Å². The first-order chi connectivity index (χ1) is 2.00.